The van der Waals surface area contributed by atoms with Crippen LogP contribution in [0.3, 0.4) is 0 Å². The highest BCUT2D eigenvalue weighted by molar-refractivity contribution is 5.83. The van der Waals surface area contributed by atoms with Crippen LogP contribution in [0.15, 0.2) is 18.2 Å². The lowest BCUT2D eigenvalue weighted by atomic mass is 10.0. The molecule has 0 radical (unpaired) electrons. The van der Waals surface area contributed by atoms with Crippen molar-refractivity contribution in [1.82, 2.24) is 27.1 Å². The molecular weight excluding hydrogens is 338 g/mol. The molecule has 9 nitrogen and oxygen atoms in total. The third kappa shape index (κ3) is 3.47. The van der Waals surface area contributed by atoms with Gasteiger partial charge in [0.1, 0.15) is 12.2 Å². The van der Waals surface area contributed by atoms with Crippen LogP contribution in [0.5, 0.6) is 0 Å². The number of hydrogen-bond donors (Lipinski definition) is 5. The molecule has 2 heterocycles. The number of aryl methyl sites for hydroxylation is 1. The van der Waals surface area contributed by atoms with Crippen molar-refractivity contribution in [3.63, 3.8) is 0 Å². The molecule has 0 saturated carbocycles. The molecule has 3 aliphatic rings. The minimum Gasteiger partial charge on any atom is -0.380 e. The molecule has 142 valence electrons. The van der Waals surface area contributed by atoms with Crippen molar-refractivity contribution in [1.29, 1.82) is 0 Å². The van der Waals surface area contributed by atoms with E-state index in [1.807, 2.05) is 6.92 Å². The van der Waals surface area contributed by atoms with E-state index in [0.717, 1.165) is 18.4 Å². The lowest BCUT2D eigenvalue weighted by molar-refractivity contribution is -0.125. The highest BCUT2D eigenvalue weighted by atomic mass is 16.8. The van der Waals surface area contributed by atoms with Crippen molar-refractivity contribution in [3.05, 3.63) is 34.9 Å². The predicted octanol–water partition coefficient (Wildman–Crippen LogP) is -0.318. The number of fused-ring (bicyclic) bond motifs is 1. The van der Waals surface area contributed by atoms with Crippen LogP contribution in [0.2, 0.25) is 0 Å². The van der Waals surface area contributed by atoms with Gasteiger partial charge in [-0.15, -0.1) is 0 Å². The van der Waals surface area contributed by atoms with Gasteiger partial charge in [0, 0.05) is 7.11 Å². The number of amides is 1. The zero-order valence-corrected chi connectivity index (χ0v) is 14.9. The Balaban J connectivity index is 1.41. The second kappa shape index (κ2) is 7.57. The van der Waals surface area contributed by atoms with Gasteiger partial charge in [-0.05, 0) is 36.5 Å². The molecule has 2 aliphatic heterocycles. The zero-order valence-electron chi connectivity index (χ0n) is 14.9. The van der Waals surface area contributed by atoms with Gasteiger partial charge in [0.15, 0.2) is 6.23 Å². The van der Waals surface area contributed by atoms with Crippen molar-refractivity contribution in [3.8, 4) is 0 Å². The Labute approximate surface area is 152 Å². The van der Waals surface area contributed by atoms with Crippen LogP contribution >= 0.6 is 0 Å². The fraction of sp³-hybridized carbons (Fsp3) is 0.588. The van der Waals surface area contributed by atoms with E-state index in [-0.39, 0.29) is 36.4 Å². The number of hydrogen-bond acceptors (Lipinski definition) is 8. The number of carbonyl (C=O) groups excluding carboxylic acids is 1. The van der Waals surface area contributed by atoms with Crippen molar-refractivity contribution in [2.75, 3.05) is 13.7 Å². The number of benzene rings is 1. The third-order valence-corrected chi connectivity index (χ3v) is 5.11. The lowest BCUT2D eigenvalue weighted by Crippen LogP contribution is -2.46. The molecule has 2 saturated heterocycles. The van der Waals surface area contributed by atoms with Gasteiger partial charge in [-0.25, -0.2) is 4.94 Å². The molecule has 1 aromatic rings. The third-order valence-electron chi connectivity index (χ3n) is 5.11. The maximum atomic E-state index is 12.5. The van der Waals surface area contributed by atoms with E-state index < -0.39 is 0 Å². The van der Waals surface area contributed by atoms with E-state index in [1.165, 1.54) is 11.1 Å². The van der Waals surface area contributed by atoms with E-state index in [9.17, 15) is 4.79 Å². The smallest absolute Gasteiger partial charge is 0.241 e. The molecule has 1 amide bonds. The van der Waals surface area contributed by atoms with Gasteiger partial charge in [-0.1, -0.05) is 18.2 Å². The van der Waals surface area contributed by atoms with Gasteiger partial charge in [0.25, 0.3) is 0 Å². The molecule has 2 fully saturated rings. The van der Waals surface area contributed by atoms with Crippen LogP contribution in [0.4, 0.5) is 0 Å². The highest BCUT2D eigenvalue weighted by Crippen LogP contribution is 2.33. The Kier molecular flexibility index (Phi) is 5.18. The zero-order chi connectivity index (χ0) is 18.1. The first kappa shape index (κ1) is 17.8. The number of methoxy groups -OCH3 is 1. The molecule has 0 aromatic heterocycles. The minimum absolute atomic E-state index is 0.0307. The summed E-state index contributed by atoms with van der Waals surface area (Å²) in [6, 6.07) is 5.90. The molecule has 5 atom stereocenters. The Hall–Kier alpha value is -1.59. The van der Waals surface area contributed by atoms with Crippen LogP contribution in [-0.2, 0) is 25.7 Å². The molecule has 1 aromatic carbocycles. The summed E-state index contributed by atoms with van der Waals surface area (Å²) in [5, 5.41) is 6.45. The van der Waals surface area contributed by atoms with Crippen LogP contribution in [-0.4, -0.2) is 37.9 Å². The lowest BCUT2D eigenvalue weighted by Gasteiger charge is -2.19. The molecule has 9 heteroatoms. The average Bonchev–Trinajstić information content (AvgIpc) is 3.35. The SMILES string of the molecule is COCC1NC(c2ccc3c(c2)CC[C@H]3NC(=O)C2NONC2C)NO1. The summed E-state index contributed by atoms with van der Waals surface area (Å²) in [6.45, 7) is 2.38. The van der Waals surface area contributed by atoms with Crippen molar-refractivity contribution < 1.29 is 19.3 Å². The molecule has 0 bridgehead atoms. The van der Waals surface area contributed by atoms with Crippen molar-refractivity contribution in [2.24, 2.45) is 0 Å². The number of rotatable bonds is 5. The summed E-state index contributed by atoms with van der Waals surface area (Å²) in [4.78, 5) is 22.8. The van der Waals surface area contributed by atoms with Gasteiger partial charge < -0.3 is 10.1 Å². The fourth-order valence-electron chi connectivity index (χ4n) is 3.67. The monoisotopic (exact) mass is 363 g/mol. The topological polar surface area (TPSA) is 105 Å². The standard InChI is InChI=1S/C17H25N5O4/c1-9-15(21-26-20-9)17(23)18-13-6-4-10-7-11(3-5-12(10)13)16-19-14(8-24-2)25-22-16/h3,5,7,9,13-16,19-22H,4,6,8H2,1-2H3,(H,18,23)/t9?,13-,14?,15?,16?/m1/s1. The number of ether oxygens (including phenoxy) is 1. The average molecular weight is 363 g/mol. The fourth-order valence-corrected chi connectivity index (χ4v) is 3.67. The summed E-state index contributed by atoms with van der Waals surface area (Å²) in [6.07, 6.45) is 1.60. The predicted molar refractivity (Wildman–Crippen MR) is 92.0 cm³/mol. The quantitative estimate of drug-likeness (QED) is 0.485. The Morgan fingerprint density at radius 1 is 1.35 bits per heavy atom. The van der Waals surface area contributed by atoms with Gasteiger partial charge in [0.2, 0.25) is 5.91 Å². The summed E-state index contributed by atoms with van der Waals surface area (Å²) in [5.41, 5.74) is 12.0. The summed E-state index contributed by atoms with van der Waals surface area (Å²) >= 11 is 0. The first-order chi connectivity index (χ1) is 12.7. The van der Waals surface area contributed by atoms with E-state index in [1.54, 1.807) is 7.11 Å². The first-order valence-electron chi connectivity index (χ1n) is 8.92. The maximum absolute atomic E-state index is 12.5. The van der Waals surface area contributed by atoms with Gasteiger partial charge in [0.05, 0.1) is 18.7 Å². The van der Waals surface area contributed by atoms with Crippen LogP contribution in [0, 0.1) is 0 Å². The molecule has 5 N–H and O–H groups in total. The van der Waals surface area contributed by atoms with E-state index >= 15 is 0 Å². The van der Waals surface area contributed by atoms with Crippen molar-refractivity contribution >= 4 is 5.91 Å². The van der Waals surface area contributed by atoms with Crippen molar-refractivity contribution in [2.45, 2.75) is 50.3 Å². The molecule has 0 spiro atoms. The van der Waals surface area contributed by atoms with Crippen LogP contribution in [0.1, 0.15) is 42.2 Å². The minimum atomic E-state index is -0.389. The number of carbonyl (C=O) groups is 1. The Morgan fingerprint density at radius 2 is 2.23 bits per heavy atom. The van der Waals surface area contributed by atoms with Gasteiger partial charge in [-0.2, -0.15) is 16.4 Å². The maximum Gasteiger partial charge on any atom is 0.241 e. The van der Waals surface area contributed by atoms with E-state index in [4.69, 9.17) is 14.5 Å². The molecule has 26 heavy (non-hydrogen) atoms. The molecule has 4 unspecified atom stereocenters. The largest absolute Gasteiger partial charge is 0.380 e. The second-order valence-electron chi connectivity index (χ2n) is 6.94. The first-order valence-corrected chi connectivity index (χ1v) is 8.92. The number of nitrogens with one attached hydrogen (secondary N) is 5. The molecule has 1 aliphatic carbocycles. The molecular formula is C17H25N5O4. The Bertz CT molecular complexity index is 673. The summed E-state index contributed by atoms with van der Waals surface area (Å²) in [5.74, 6) is -0.0561. The van der Waals surface area contributed by atoms with Gasteiger partial charge in [-0.3, -0.25) is 14.9 Å². The highest BCUT2D eigenvalue weighted by Gasteiger charge is 2.34. The Morgan fingerprint density at radius 3 is 3.00 bits per heavy atom. The van der Waals surface area contributed by atoms with Crippen LogP contribution in [0.25, 0.3) is 0 Å². The van der Waals surface area contributed by atoms with Gasteiger partial charge >= 0.3 is 0 Å². The number of hydroxylamine groups is 3. The second-order valence-corrected chi connectivity index (χ2v) is 6.94. The molecule has 4 rings (SSSR count). The van der Waals surface area contributed by atoms with Crippen LogP contribution < -0.4 is 27.1 Å². The summed E-state index contributed by atoms with van der Waals surface area (Å²) in [7, 11) is 1.65. The summed E-state index contributed by atoms with van der Waals surface area (Å²) < 4.78 is 5.10. The van der Waals surface area contributed by atoms with E-state index in [0.29, 0.717) is 6.61 Å². The van der Waals surface area contributed by atoms with E-state index in [2.05, 4.69) is 45.3 Å². The normalized spacial score (nSPS) is 33.4.